The van der Waals surface area contributed by atoms with E-state index in [-0.39, 0.29) is 38.0 Å². The van der Waals surface area contributed by atoms with Crippen molar-refractivity contribution in [2.75, 3.05) is 19.6 Å². The molecule has 1 atom stereocenters. The Bertz CT molecular complexity index is 469. The second-order valence-electron chi connectivity index (χ2n) is 4.90. The third-order valence-corrected chi connectivity index (χ3v) is 3.41. The van der Waals surface area contributed by atoms with Crippen LogP contribution in [0.4, 0.5) is 4.79 Å². The predicted molar refractivity (Wildman–Crippen MR) is 66.5 cm³/mol. The summed E-state index contributed by atoms with van der Waals surface area (Å²) in [5.41, 5.74) is 0. The van der Waals surface area contributed by atoms with E-state index in [1.807, 2.05) is 6.07 Å². The van der Waals surface area contributed by atoms with Crippen molar-refractivity contribution < 1.29 is 19.5 Å². The predicted octanol–water partition coefficient (Wildman–Crippen LogP) is -0.631. The molecule has 8 heteroatoms. The van der Waals surface area contributed by atoms with Gasteiger partial charge in [0.1, 0.15) is 12.6 Å². The maximum absolute atomic E-state index is 12.4. The van der Waals surface area contributed by atoms with Gasteiger partial charge in [0.2, 0.25) is 5.91 Å². The Morgan fingerprint density at radius 1 is 1.50 bits per heavy atom. The van der Waals surface area contributed by atoms with Gasteiger partial charge in [-0.15, -0.1) is 0 Å². The van der Waals surface area contributed by atoms with E-state index in [0.29, 0.717) is 0 Å². The fraction of sp³-hybridized carbons (Fsp3) is 0.667. The van der Waals surface area contributed by atoms with Gasteiger partial charge in [0.05, 0.1) is 12.5 Å². The highest BCUT2D eigenvalue weighted by molar-refractivity contribution is 5.90. The molecule has 1 heterocycles. The molecular formula is C12H16N4O4. The van der Waals surface area contributed by atoms with Crippen LogP contribution in [0.1, 0.15) is 19.3 Å². The molecule has 2 fully saturated rings. The number of hydrogen-bond donors (Lipinski definition) is 2. The summed E-state index contributed by atoms with van der Waals surface area (Å²) in [6.45, 7) is -0.0767. The molecule has 0 aromatic rings. The van der Waals surface area contributed by atoms with Crippen LogP contribution in [0.3, 0.4) is 0 Å². The van der Waals surface area contributed by atoms with Gasteiger partial charge in [0, 0.05) is 19.1 Å². The lowest BCUT2D eigenvalue weighted by molar-refractivity contribution is -0.144. The van der Waals surface area contributed by atoms with E-state index in [0.717, 1.165) is 17.7 Å². The number of carboxylic acids is 1. The van der Waals surface area contributed by atoms with E-state index in [2.05, 4.69) is 5.32 Å². The van der Waals surface area contributed by atoms with Crippen LogP contribution in [0, 0.1) is 11.3 Å². The van der Waals surface area contributed by atoms with Crippen molar-refractivity contribution in [3.8, 4) is 6.07 Å². The second-order valence-corrected chi connectivity index (χ2v) is 4.90. The number of nitrogens with zero attached hydrogens (tertiary/aromatic N) is 3. The van der Waals surface area contributed by atoms with Gasteiger partial charge >= 0.3 is 12.0 Å². The largest absolute Gasteiger partial charge is 0.480 e. The van der Waals surface area contributed by atoms with Gasteiger partial charge in [-0.2, -0.15) is 5.26 Å². The monoisotopic (exact) mass is 280 g/mol. The molecule has 1 saturated carbocycles. The number of piperazine rings is 1. The van der Waals surface area contributed by atoms with E-state index < -0.39 is 18.0 Å². The summed E-state index contributed by atoms with van der Waals surface area (Å²) in [5.74, 6) is -1.51. The number of urea groups is 1. The summed E-state index contributed by atoms with van der Waals surface area (Å²) >= 11 is 0. The first-order valence-electron chi connectivity index (χ1n) is 6.48. The molecular weight excluding hydrogens is 264 g/mol. The zero-order chi connectivity index (χ0) is 14.7. The number of carbonyl (C=O) groups is 3. The lowest BCUT2D eigenvalue weighted by Crippen LogP contribution is -2.62. The first-order valence-corrected chi connectivity index (χ1v) is 6.48. The van der Waals surface area contributed by atoms with Crippen LogP contribution in [0.15, 0.2) is 0 Å². The zero-order valence-corrected chi connectivity index (χ0v) is 10.9. The van der Waals surface area contributed by atoms with Crippen LogP contribution in [0.5, 0.6) is 0 Å². The fourth-order valence-corrected chi connectivity index (χ4v) is 2.22. The zero-order valence-electron chi connectivity index (χ0n) is 10.9. The molecule has 0 aromatic carbocycles. The SMILES string of the molecule is N#CCCN(C(=O)N1CC(=O)NCC1C(=O)O)C1CC1. The van der Waals surface area contributed by atoms with Gasteiger partial charge in [-0.3, -0.25) is 9.69 Å². The molecule has 1 saturated heterocycles. The molecule has 0 bridgehead atoms. The van der Waals surface area contributed by atoms with Crippen LogP contribution >= 0.6 is 0 Å². The Balaban J connectivity index is 2.12. The molecule has 1 aliphatic heterocycles. The molecule has 1 unspecified atom stereocenters. The van der Waals surface area contributed by atoms with Crippen LogP contribution in [-0.4, -0.2) is 64.5 Å². The van der Waals surface area contributed by atoms with Gasteiger partial charge in [0.25, 0.3) is 0 Å². The Hall–Kier alpha value is -2.30. The maximum atomic E-state index is 12.4. The molecule has 1 aliphatic carbocycles. The minimum absolute atomic E-state index is 0.0651. The molecule has 2 N–H and O–H groups in total. The third-order valence-electron chi connectivity index (χ3n) is 3.41. The lowest BCUT2D eigenvalue weighted by Gasteiger charge is -2.36. The molecule has 0 spiro atoms. The Labute approximate surface area is 115 Å². The molecule has 0 radical (unpaired) electrons. The average Bonchev–Trinajstić information content (AvgIpc) is 3.23. The summed E-state index contributed by atoms with van der Waals surface area (Å²) in [7, 11) is 0. The van der Waals surface area contributed by atoms with Crippen molar-refractivity contribution in [2.24, 2.45) is 0 Å². The molecule has 0 aromatic heterocycles. The van der Waals surface area contributed by atoms with E-state index in [1.165, 1.54) is 4.90 Å². The normalized spacial score (nSPS) is 21.9. The Morgan fingerprint density at radius 2 is 2.20 bits per heavy atom. The number of carboxylic acid groups (broad SMARTS) is 1. The molecule has 2 aliphatic rings. The van der Waals surface area contributed by atoms with Crippen LogP contribution < -0.4 is 5.32 Å². The first kappa shape index (κ1) is 14.1. The highest BCUT2D eigenvalue weighted by atomic mass is 16.4. The molecule has 3 amide bonds. The third kappa shape index (κ3) is 2.99. The van der Waals surface area contributed by atoms with E-state index >= 15 is 0 Å². The summed E-state index contributed by atoms with van der Waals surface area (Å²) in [4.78, 5) is 37.6. The van der Waals surface area contributed by atoms with Gasteiger partial charge in [-0.05, 0) is 12.8 Å². The van der Waals surface area contributed by atoms with Crippen molar-refractivity contribution in [1.29, 1.82) is 5.26 Å². The number of nitriles is 1. The average molecular weight is 280 g/mol. The highest BCUT2D eigenvalue weighted by Gasteiger charge is 2.41. The van der Waals surface area contributed by atoms with E-state index in [4.69, 9.17) is 10.4 Å². The second kappa shape index (κ2) is 5.77. The molecule has 2 rings (SSSR count). The van der Waals surface area contributed by atoms with Crippen molar-refractivity contribution in [3.63, 3.8) is 0 Å². The first-order chi connectivity index (χ1) is 9.54. The summed E-state index contributed by atoms with van der Waals surface area (Å²) < 4.78 is 0. The van der Waals surface area contributed by atoms with Crippen molar-refractivity contribution in [3.05, 3.63) is 0 Å². The summed E-state index contributed by atoms with van der Waals surface area (Å²) in [6, 6.07) is 0.519. The number of hydrogen-bond acceptors (Lipinski definition) is 4. The van der Waals surface area contributed by atoms with Crippen molar-refractivity contribution in [2.45, 2.75) is 31.3 Å². The summed E-state index contributed by atoms with van der Waals surface area (Å²) in [5, 5.41) is 20.2. The minimum atomic E-state index is -1.14. The van der Waals surface area contributed by atoms with Gasteiger partial charge in [0.15, 0.2) is 0 Å². The number of nitrogens with one attached hydrogen (secondary N) is 1. The van der Waals surface area contributed by atoms with Crippen LogP contribution in [0.2, 0.25) is 0 Å². The summed E-state index contributed by atoms with van der Waals surface area (Å²) in [6.07, 6.45) is 1.91. The minimum Gasteiger partial charge on any atom is -0.480 e. The topological polar surface area (TPSA) is 114 Å². The quantitative estimate of drug-likeness (QED) is 0.711. The number of carbonyl (C=O) groups excluding carboxylic acids is 2. The lowest BCUT2D eigenvalue weighted by atomic mass is 10.2. The smallest absolute Gasteiger partial charge is 0.328 e. The van der Waals surface area contributed by atoms with Crippen molar-refractivity contribution in [1.82, 2.24) is 15.1 Å². The maximum Gasteiger partial charge on any atom is 0.328 e. The van der Waals surface area contributed by atoms with Crippen LogP contribution in [0.25, 0.3) is 0 Å². The highest BCUT2D eigenvalue weighted by Crippen LogP contribution is 2.28. The Morgan fingerprint density at radius 3 is 2.75 bits per heavy atom. The molecule has 108 valence electrons. The fourth-order valence-electron chi connectivity index (χ4n) is 2.22. The number of rotatable bonds is 4. The molecule has 8 nitrogen and oxygen atoms in total. The van der Waals surface area contributed by atoms with Crippen molar-refractivity contribution >= 4 is 17.9 Å². The Kier molecular flexibility index (Phi) is 4.08. The number of amides is 3. The van der Waals surface area contributed by atoms with E-state index in [1.54, 1.807) is 0 Å². The van der Waals surface area contributed by atoms with E-state index in [9.17, 15) is 14.4 Å². The van der Waals surface area contributed by atoms with Crippen LogP contribution in [-0.2, 0) is 9.59 Å². The number of aliphatic carboxylic acids is 1. The van der Waals surface area contributed by atoms with Gasteiger partial charge in [-0.25, -0.2) is 9.59 Å². The van der Waals surface area contributed by atoms with Gasteiger partial charge in [-0.1, -0.05) is 0 Å². The standard InChI is InChI=1S/C12H16N4O4/c13-4-1-5-15(8-2-3-8)12(20)16-7-10(17)14-6-9(16)11(18)19/h8-9H,1-3,5-7H2,(H,14,17)(H,18,19). The molecule has 20 heavy (non-hydrogen) atoms. The van der Waals surface area contributed by atoms with Gasteiger partial charge < -0.3 is 15.3 Å².